The SMILES string of the molecule is CC(=O)c1ccc(OC2CCC(=O)CC2)cc1. The summed E-state index contributed by atoms with van der Waals surface area (Å²) in [5.74, 6) is 1.16. The molecule has 2 rings (SSSR count). The van der Waals surface area contributed by atoms with Crippen LogP contribution in [0.25, 0.3) is 0 Å². The van der Waals surface area contributed by atoms with Gasteiger partial charge in [0.1, 0.15) is 11.5 Å². The molecule has 1 saturated carbocycles. The van der Waals surface area contributed by atoms with E-state index in [0.717, 1.165) is 18.6 Å². The molecule has 0 spiro atoms. The molecule has 0 aromatic heterocycles. The fourth-order valence-electron chi connectivity index (χ4n) is 1.99. The molecule has 1 aliphatic rings. The zero-order valence-corrected chi connectivity index (χ0v) is 9.94. The summed E-state index contributed by atoms with van der Waals surface area (Å²) in [4.78, 5) is 22.2. The van der Waals surface area contributed by atoms with Crippen LogP contribution in [0.3, 0.4) is 0 Å². The lowest BCUT2D eigenvalue weighted by atomic mass is 9.96. The molecule has 1 aliphatic carbocycles. The summed E-state index contributed by atoms with van der Waals surface area (Å²) in [5.41, 5.74) is 0.691. The first-order chi connectivity index (χ1) is 8.15. The van der Waals surface area contributed by atoms with E-state index in [9.17, 15) is 9.59 Å². The minimum Gasteiger partial charge on any atom is -0.490 e. The van der Waals surface area contributed by atoms with Crippen LogP contribution >= 0.6 is 0 Å². The maximum absolute atomic E-state index is 11.1. The first-order valence-corrected chi connectivity index (χ1v) is 5.94. The number of carbonyl (C=O) groups is 2. The van der Waals surface area contributed by atoms with Crippen molar-refractivity contribution in [3.05, 3.63) is 29.8 Å². The highest BCUT2D eigenvalue weighted by Crippen LogP contribution is 2.22. The minimum absolute atomic E-state index is 0.0554. The van der Waals surface area contributed by atoms with Gasteiger partial charge >= 0.3 is 0 Å². The normalized spacial score (nSPS) is 16.9. The zero-order valence-electron chi connectivity index (χ0n) is 9.94. The Bertz CT molecular complexity index is 410. The summed E-state index contributed by atoms with van der Waals surface area (Å²) in [6, 6.07) is 7.16. The van der Waals surface area contributed by atoms with Gasteiger partial charge in [0.25, 0.3) is 0 Å². The third-order valence-corrected chi connectivity index (χ3v) is 3.05. The predicted octanol–water partition coefficient (Wildman–Crippen LogP) is 2.78. The van der Waals surface area contributed by atoms with Gasteiger partial charge in [0, 0.05) is 18.4 Å². The number of carbonyl (C=O) groups excluding carboxylic acids is 2. The summed E-state index contributed by atoms with van der Waals surface area (Å²) < 4.78 is 5.77. The number of hydrogen-bond donors (Lipinski definition) is 0. The van der Waals surface area contributed by atoms with Crippen molar-refractivity contribution in [2.24, 2.45) is 0 Å². The molecule has 0 radical (unpaired) electrons. The van der Waals surface area contributed by atoms with E-state index in [-0.39, 0.29) is 11.9 Å². The van der Waals surface area contributed by atoms with E-state index < -0.39 is 0 Å². The van der Waals surface area contributed by atoms with Crippen molar-refractivity contribution in [2.75, 3.05) is 0 Å². The fourth-order valence-corrected chi connectivity index (χ4v) is 1.99. The molecular weight excluding hydrogens is 216 g/mol. The lowest BCUT2D eigenvalue weighted by molar-refractivity contribution is -0.121. The number of ketones is 2. The maximum Gasteiger partial charge on any atom is 0.159 e. The molecule has 0 unspecified atom stereocenters. The van der Waals surface area contributed by atoms with Gasteiger partial charge < -0.3 is 4.74 Å². The first kappa shape index (κ1) is 11.8. The van der Waals surface area contributed by atoms with Crippen molar-refractivity contribution in [1.29, 1.82) is 0 Å². The van der Waals surface area contributed by atoms with Crippen LogP contribution in [-0.4, -0.2) is 17.7 Å². The summed E-state index contributed by atoms with van der Waals surface area (Å²) in [7, 11) is 0. The van der Waals surface area contributed by atoms with E-state index in [1.807, 2.05) is 12.1 Å². The Morgan fingerprint density at radius 2 is 1.76 bits per heavy atom. The monoisotopic (exact) mass is 232 g/mol. The molecular formula is C14H16O3. The highest BCUT2D eigenvalue weighted by atomic mass is 16.5. The fraction of sp³-hybridized carbons (Fsp3) is 0.429. The summed E-state index contributed by atoms with van der Waals surface area (Å²) in [6.45, 7) is 1.54. The summed E-state index contributed by atoms with van der Waals surface area (Å²) >= 11 is 0. The molecule has 1 aromatic rings. The zero-order chi connectivity index (χ0) is 12.3. The second-order valence-corrected chi connectivity index (χ2v) is 4.44. The van der Waals surface area contributed by atoms with Crippen LogP contribution in [0.2, 0.25) is 0 Å². The van der Waals surface area contributed by atoms with Crippen molar-refractivity contribution in [2.45, 2.75) is 38.7 Å². The standard InChI is InChI=1S/C14H16O3/c1-10(15)11-2-6-13(7-3-11)17-14-8-4-12(16)5-9-14/h2-3,6-7,14H,4-5,8-9H2,1H3. The van der Waals surface area contributed by atoms with E-state index in [1.165, 1.54) is 0 Å². The van der Waals surface area contributed by atoms with Crippen molar-refractivity contribution in [3.63, 3.8) is 0 Å². The Hall–Kier alpha value is -1.64. The van der Waals surface area contributed by atoms with E-state index in [1.54, 1.807) is 19.1 Å². The first-order valence-electron chi connectivity index (χ1n) is 5.94. The Kier molecular flexibility index (Phi) is 3.57. The molecule has 0 aliphatic heterocycles. The van der Waals surface area contributed by atoms with Crippen molar-refractivity contribution in [1.82, 2.24) is 0 Å². The topological polar surface area (TPSA) is 43.4 Å². The molecule has 0 saturated heterocycles. The average molecular weight is 232 g/mol. The van der Waals surface area contributed by atoms with Gasteiger partial charge in [0.15, 0.2) is 5.78 Å². The lowest BCUT2D eigenvalue weighted by Crippen LogP contribution is -2.23. The Labute approximate surface area is 101 Å². The van der Waals surface area contributed by atoms with Crippen molar-refractivity contribution in [3.8, 4) is 5.75 Å². The quantitative estimate of drug-likeness (QED) is 0.752. The molecule has 1 aromatic carbocycles. The molecule has 3 heteroatoms. The second-order valence-electron chi connectivity index (χ2n) is 4.44. The van der Waals surface area contributed by atoms with Gasteiger partial charge in [-0.25, -0.2) is 0 Å². The number of rotatable bonds is 3. The number of hydrogen-bond acceptors (Lipinski definition) is 3. The highest BCUT2D eigenvalue weighted by Gasteiger charge is 2.19. The summed E-state index contributed by atoms with van der Waals surface area (Å²) in [6.07, 6.45) is 2.98. The van der Waals surface area contributed by atoms with Crippen LogP contribution < -0.4 is 4.74 Å². The number of Topliss-reactive ketones (excluding diaryl/α,β-unsaturated/α-hetero) is 2. The van der Waals surface area contributed by atoms with Crippen LogP contribution in [0.5, 0.6) is 5.75 Å². The average Bonchev–Trinajstić information content (AvgIpc) is 2.33. The highest BCUT2D eigenvalue weighted by molar-refractivity contribution is 5.94. The Morgan fingerprint density at radius 3 is 2.29 bits per heavy atom. The van der Waals surface area contributed by atoms with E-state index in [4.69, 9.17) is 4.74 Å². The van der Waals surface area contributed by atoms with Gasteiger partial charge in [-0.2, -0.15) is 0 Å². The van der Waals surface area contributed by atoms with Gasteiger partial charge in [0.05, 0.1) is 6.10 Å². The van der Waals surface area contributed by atoms with Gasteiger partial charge in [-0.05, 0) is 44.0 Å². The van der Waals surface area contributed by atoms with Crippen LogP contribution in [-0.2, 0) is 4.79 Å². The van der Waals surface area contributed by atoms with E-state index in [0.29, 0.717) is 24.2 Å². The number of benzene rings is 1. The third kappa shape index (κ3) is 3.16. The van der Waals surface area contributed by atoms with Crippen molar-refractivity contribution < 1.29 is 14.3 Å². The smallest absolute Gasteiger partial charge is 0.159 e. The van der Waals surface area contributed by atoms with E-state index in [2.05, 4.69) is 0 Å². The molecule has 0 N–H and O–H groups in total. The summed E-state index contributed by atoms with van der Waals surface area (Å²) in [5, 5.41) is 0. The molecule has 90 valence electrons. The van der Waals surface area contributed by atoms with Crippen LogP contribution in [0.1, 0.15) is 43.0 Å². The van der Waals surface area contributed by atoms with Gasteiger partial charge in [0.2, 0.25) is 0 Å². The molecule has 0 amide bonds. The van der Waals surface area contributed by atoms with Crippen molar-refractivity contribution >= 4 is 11.6 Å². The second kappa shape index (κ2) is 5.13. The van der Waals surface area contributed by atoms with Crippen LogP contribution in [0.4, 0.5) is 0 Å². The lowest BCUT2D eigenvalue weighted by Gasteiger charge is -2.22. The van der Waals surface area contributed by atoms with Gasteiger partial charge in [-0.1, -0.05) is 0 Å². The van der Waals surface area contributed by atoms with E-state index >= 15 is 0 Å². The Morgan fingerprint density at radius 1 is 1.18 bits per heavy atom. The molecule has 0 heterocycles. The minimum atomic E-state index is 0.0554. The Balaban J connectivity index is 1.95. The molecule has 17 heavy (non-hydrogen) atoms. The van der Waals surface area contributed by atoms with Gasteiger partial charge in [-0.3, -0.25) is 9.59 Å². The maximum atomic E-state index is 11.1. The third-order valence-electron chi connectivity index (χ3n) is 3.05. The predicted molar refractivity (Wildman–Crippen MR) is 64.3 cm³/mol. The molecule has 3 nitrogen and oxygen atoms in total. The van der Waals surface area contributed by atoms with Crippen LogP contribution in [0.15, 0.2) is 24.3 Å². The largest absolute Gasteiger partial charge is 0.490 e. The van der Waals surface area contributed by atoms with Crippen LogP contribution in [0, 0.1) is 0 Å². The number of ether oxygens (including phenoxy) is 1. The van der Waals surface area contributed by atoms with Gasteiger partial charge in [-0.15, -0.1) is 0 Å². The molecule has 1 fully saturated rings. The molecule has 0 atom stereocenters. The molecule has 0 bridgehead atoms.